The number of hydrogen-bond acceptors (Lipinski definition) is 16. The smallest absolute Gasteiger partial charge is 0.399 e. The molecule has 2 aliphatic rings. The molecule has 0 aliphatic carbocycles. The Kier molecular flexibility index (Phi) is 25.7. The zero-order chi connectivity index (χ0) is 78.2. The van der Waals surface area contributed by atoms with Crippen molar-refractivity contribution >= 4 is 91.5 Å². The highest BCUT2D eigenvalue weighted by atomic mass is 127. The van der Waals surface area contributed by atoms with Gasteiger partial charge in [-0.3, -0.25) is 0 Å². The summed E-state index contributed by atoms with van der Waals surface area (Å²) in [4.78, 5) is 55.3. The highest BCUT2D eigenvalue weighted by Gasteiger charge is 2.54. The lowest BCUT2D eigenvalue weighted by atomic mass is 9.78. The van der Waals surface area contributed by atoms with Gasteiger partial charge in [-0.2, -0.15) is 9.97 Å². The van der Waals surface area contributed by atoms with Crippen LogP contribution in [0.1, 0.15) is 55.4 Å². The van der Waals surface area contributed by atoms with Gasteiger partial charge in [0.15, 0.2) is 64.0 Å². The lowest BCUT2D eigenvalue weighted by Crippen LogP contribution is -2.41. The van der Waals surface area contributed by atoms with E-state index >= 15 is 0 Å². The van der Waals surface area contributed by atoms with Crippen LogP contribution in [0.2, 0.25) is 5.28 Å². The Hall–Kier alpha value is -10.6. The van der Waals surface area contributed by atoms with Gasteiger partial charge in [0.2, 0.25) is 5.28 Å². The quantitative estimate of drug-likeness (QED) is 0.0828. The summed E-state index contributed by atoms with van der Waals surface area (Å²) in [5.74, 6) is 6.27. The van der Waals surface area contributed by atoms with E-state index in [1.54, 1.807) is 0 Å². The van der Waals surface area contributed by atoms with E-state index in [1.807, 2.05) is 331 Å². The zero-order valence-corrected chi connectivity index (χ0v) is 68.8. The molecule has 0 saturated carbocycles. The number of benzene rings is 11. The van der Waals surface area contributed by atoms with Gasteiger partial charge in [-0.1, -0.05) is 317 Å². The Balaban J connectivity index is 0.000000128. The standard InChI is InChI=1S/C27H26BN3O2.C21H22BN3O2.C21H14BrN3.C15H10ClN3.C6H4BrI/c1-26(2)27(3,4)33-28(32-26)22-17-11-16-21(18-22)25-30-23(19-12-7-5-8-13-19)29-24(31-25)20-14-9-6-10-15-20;1-20(2)21(3,4)27-22(26-20)19-24-17(15-11-7-5-8-12-15)23-18(25-19)16-13-9-6-10-14-16;22-18-13-7-12-17(14-18)21-24-19(15-8-3-1-4-9-15)23-20(25-21)16-10-5-2-6-11-16;16-15-18-13(11-7-3-1-4-8-11)17-14(19-15)12-9-5-2-6-10-12;7-5-2-1-3-6(8)4-5/h5-18H,1-4H3;5-14H,1-4H3;1-14H;1-10H;1-4H. The second-order valence-corrected chi connectivity index (χ2v) is 31.3. The van der Waals surface area contributed by atoms with Crippen LogP contribution in [0.4, 0.5) is 0 Å². The minimum atomic E-state index is -0.636. The molecular formula is C90H76B2Br2ClIN12O4. The minimum Gasteiger partial charge on any atom is -0.399 e. The molecule has 112 heavy (non-hydrogen) atoms. The van der Waals surface area contributed by atoms with Gasteiger partial charge in [0.25, 0.3) is 0 Å². The molecule has 2 fully saturated rings. The third-order valence-corrected chi connectivity index (χ3v) is 20.6. The summed E-state index contributed by atoms with van der Waals surface area (Å²) in [5, 5.41) is 0.202. The first kappa shape index (κ1) is 79.5. The summed E-state index contributed by atoms with van der Waals surface area (Å²) < 4.78 is 28.2. The Morgan fingerprint density at radius 2 is 0.473 bits per heavy atom. The summed E-state index contributed by atoms with van der Waals surface area (Å²) in [5.41, 5.74) is 9.08. The van der Waals surface area contributed by atoms with Gasteiger partial charge in [0.1, 0.15) is 0 Å². The van der Waals surface area contributed by atoms with E-state index in [2.05, 4.69) is 129 Å². The normalized spacial score (nSPS) is 14.0. The molecule has 0 unspecified atom stereocenters. The molecule has 6 heterocycles. The van der Waals surface area contributed by atoms with Gasteiger partial charge in [-0.25, -0.2) is 49.8 Å². The van der Waals surface area contributed by atoms with Crippen molar-refractivity contribution in [3.8, 4) is 114 Å². The van der Waals surface area contributed by atoms with Crippen LogP contribution in [-0.2, 0) is 18.6 Å². The fourth-order valence-electron chi connectivity index (χ4n) is 11.4. The summed E-state index contributed by atoms with van der Waals surface area (Å²) in [7, 11) is -1.08. The topological polar surface area (TPSA) is 192 Å². The van der Waals surface area contributed by atoms with Crippen molar-refractivity contribution in [2.24, 2.45) is 0 Å². The van der Waals surface area contributed by atoms with E-state index in [0.717, 1.165) is 70.0 Å². The first-order chi connectivity index (χ1) is 54.1. The molecule has 0 spiro atoms. The fraction of sp³-hybridized carbons (Fsp3) is 0.133. The molecule has 2 aliphatic heterocycles. The Labute approximate surface area is 689 Å². The van der Waals surface area contributed by atoms with Crippen molar-refractivity contribution in [1.29, 1.82) is 0 Å². The molecule has 0 atom stereocenters. The molecule has 16 nitrogen and oxygen atoms in total. The van der Waals surface area contributed by atoms with Gasteiger partial charge in [0.05, 0.1) is 22.4 Å². The third kappa shape index (κ3) is 20.4. The van der Waals surface area contributed by atoms with Crippen molar-refractivity contribution in [3.63, 3.8) is 0 Å². The van der Waals surface area contributed by atoms with E-state index in [-0.39, 0.29) is 5.28 Å². The van der Waals surface area contributed by atoms with Gasteiger partial charge in [0, 0.05) is 68.2 Å². The molecule has 11 aromatic carbocycles. The molecule has 0 amide bonds. The van der Waals surface area contributed by atoms with Crippen LogP contribution in [0.25, 0.3) is 114 Å². The lowest BCUT2D eigenvalue weighted by Gasteiger charge is -2.32. The number of rotatable bonds is 12. The van der Waals surface area contributed by atoms with Crippen LogP contribution < -0.4 is 11.2 Å². The molecule has 22 heteroatoms. The molecule has 0 bridgehead atoms. The van der Waals surface area contributed by atoms with E-state index in [9.17, 15) is 0 Å². The number of halogens is 4. The minimum absolute atomic E-state index is 0.202. The van der Waals surface area contributed by atoms with E-state index in [0.29, 0.717) is 64.0 Å². The van der Waals surface area contributed by atoms with Crippen LogP contribution in [0.5, 0.6) is 0 Å². The molecule has 17 rings (SSSR count). The maximum absolute atomic E-state index is 6.25. The Bertz CT molecular complexity index is 5360. The zero-order valence-electron chi connectivity index (χ0n) is 62.7. The van der Waals surface area contributed by atoms with Crippen molar-refractivity contribution in [3.05, 3.63) is 333 Å². The second kappa shape index (κ2) is 36.3. The summed E-state index contributed by atoms with van der Waals surface area (Å²) in [6.45, 7) is 16.3. The molecule has 15 aromatic rings. The van der Waals surface area contributed by atoms with E-state index < -0.39 is 36.6 Å². The number of nitrogens with zero attached hydrogens (tertiary/aromatic N) is 12. The molecule has 0 radical (unpaired) electrons. The average Bonchev–Trinajstić information content (AvgIpc) is 1.58. The van der Waals surface area contributed by atoms with E-state index in [4.69, 9.17) is 55.1 Å². The van der Waals surface area contributed by atoms with Crippen LogP contribution in [0.3, 0.4) is 0 Å². The fourth-order valence-corrected chi connectivity index (χ4v) is 13.4. The number of aromatic nitrogens is 12. The highest BCUT2D eigenvalue weighted by molar-refractivity contribution is 14.1. The Morgan fingerprint density at radius 1 is 0.250 bits per heavy atom. The first-order valence-corrected chi connectivity index (χ1v) is 39.3. The van der Waals surface area contributed by atoms with Crippen LogP contribution in [0.15, 0.2) is 324 Å². The lowest BCUT2D eigenvalue weighted by molar-refractivity contribution is 0.00578. The summed E-state index contributed by atoms with van der Waals surface area (Å²) in [6.07, 6.45) is 0. The van der Waals surface area contributed by atoms with Gasteiger partial charge in [-0.05, 0) is 125 Å². The third-order valence-electron chi connectivity index (χ3n) is 18.8. The van der Waals surface area contributed by atoms with E-state index in [1.165, 1.54) is 3.57 Å². The van der Waals surface area contributed by atoms with Crippen LogP contribution in [-0.4, -0.2) is 96.4 Å². The highest BCUT2D eigenvalue weighted by Crippen LogP contribution is 2.39. The van der Waals surface area contributed by atoms with Crippen molar-refractivity contribution in [2.45, 2.75) is 77.8 Å². The summed E-state index contributed by atoms with van der Waals surface area (Å²) in [6, 6.07) is 103. The maximum Gasteiger partial charge on any atom is 0.534 e. The molecular weight excluding hydrogens is 1660 g/mol. The molecule has 554 valence electrons. The Morgan fingerprint density at radius 3 is 0.741 bits per heavy atom. The second-order valence-electron chi connectivity index (χ2n) is 27.9. The largest absolute Gasteiger partial charge is 0.534 e. The number of hydrogen-bond donors (Lipinski definition) is 0. The first-order valence-electron chi connectivity index (χ1n) is 36.2. The maximum atomic E-state index is 6.25. The predicted molar refractivity (Wildman–Crippen MR) is 465 cm³/mol. The van der Waals surface area contributed by atoms with Crippen LogP contribution in [0, 0.1) is 3.57 Å². The molecule has 4 aromatic heterocycles. The van der Waals surface area contributed by atoms with Gasteiger partial charge < -0.3 is 18.6 Å². The van der Waals surface area contributed by atoms with Gasteiger partial charge in [-0.15, -0.1) is 0 Å². The monoisotopic (exact) mass is 1730 g/mol. The average molecular weight is 1730 g/mol. The van der Waals surface area contributed by atoms with Crippen molar-refractivity contribution in [1.82, 2.24) is 59.8 Å². The van der Waals surface area contributed by atoms with Crippen LogP contribution >= 0.6 is 66.1 Å². The summed E-state index contributed by atoms with van der Waals surface area (Å²) >= 11 is 15.1. The van der Waals surface area contributed by atoms with Crippen molar-refractivity contribution < 1.29 is 18.6 Å². The molecule has 0 N–H and O–H groups in total. The van der Waals surface area contributed by atoms with Gasteiger partial charge >= 0.3 is 14.2 Å². The predicted octanol–water partition coefficient (Wildman–Crippen LogP) is 21.2. The van der Waals surface area contributed by atoms with Crippen molar-refractivity contribution in [2.75, 3.05) is 0 Å². The SMILES string of the molecule is Brc1cccc(-c2nc(-c3ccccc3)nc(-c3ccccc3)n2)c1.Brc1cccc(I)c1.CC1(C)OB(c2cccc(-c3nc(-c4ccccc4)nc(-c4ccccc4)n3)c2)OC1(C)C.CC1(C)OB(c2nc(-c3ccccc3)nc(-c3ccccc3)n2)OC1(C)C.Clc1nc(-c2ccccc2)nc(-c2ccccc2)n1. The molecule has 2 saturated heterocycles.